The first-order chi connectivity index (χ1) is 8.95. The Balaban J connectivity index is 1.82. The van der Waals surface area contributed by atoms with Crippen molar-refractivity contribution in [3.8, 4) is 11.5 Å². The fraction of sp³-hybridized carbons (Fsp3) is 0.364. The zero-order chi connectivity index (χ0) is 13.6. The summed E-state index contributed by atoms with van der Waals surface area (Å²) in [6.07, 6.45) is -0.561. The molecule has 0 amide bonds. The van der Waals surface area contributed by atoms with Crippen molar-refractivity contribution in [3.05, 3.63) is 24.2 Å². The van der Waals surface area contributed by atoms with E-state index in [0.717, 1.165) is 0 Å². The average Bonchev–Trinajstić information content (AvgIpc) is 2.63. The lowest BCUT2D eigenvalue weighted by Gasteiger charge is -2.26. The van der Waals surface area contributed by atoms with E-state index < -0.39 is 19.1 Å². The molecule has 15 heavy (non-hydrogen) atoms. The molecule has 3 rings (SSSR count). The van der Waals surface area contributed by atoms with Gasteiger partial charge in [-0.1, -0.05) is 12.1 Å². The highest BCUT2D eigenvalue weighted by molar-refractivity contribution is 5.88. The second kappa shape index (κ2) is 3.46. The van der Waals surface area contributed by atoms with Crippen LogP contribution in [0.1, 0.15) is 5.48 Å². The summed E-state index contributed by atoms with van der Waals surface area (Å²) in [6, 6.07) is 5.11. The molecular weight excluding hydrogens is 192 g/mol. The number of nitrogens with one attached hydrogen (secondary N) is 1. The van der Waals surface area contributed by atoms with Crippen LogP contribution in [-0.2, 0) is 0 Å². The summed E-state index contributed by atoms with van der Waals surface area (Å²) in [5.41, 5.74) is 0. The molecule has 1 N–H and O–H groups in total. The van der Waals surface area contributed by atoms with Gasteiger partial charge in [0.1, 0.15) is 12.4 Å². The minimum Gasteiger partial charge on any atom is -0.485 e. The van der Waals surface area contributed by atoms with Gasteiger partial charge in [-0.25, -0.2) is 0 Å². The average molecular weight is 208 g/mol. The van der Waals surface area contributed by atoms with Gasteiger partial charge in [0.2, 0.25) is 0 Å². The smallest absolute Gasteiger partial charge is 0.189 e. The Labute approximate surface area is 93.5 Å². The molecule has 0 spiro atoms. The fourth-order valence-electron chi connectivity index (χ4n) is 1.50. The van der Waals surface area contributed by atoms with Gasteiger partial charge >= 0.3 is 0 Å². The summed E-state index contributed by atoms with van der Waals surface area (Å²) in [4.78, 5) is 3.82. The van der Waals surface area contributed by atoms with Crippen LogP contribution in [0.3, 0.4) is 0 Å². The molecule has 0 aliphatic carbocycles. The number of para-hydroxylation sites is 2. The van der Waals surface area contributed by atoms with Gasteiger partial charge in [-0.3, -0.25) is 4.99 Å². The van der Waals surface area contributed by atoms with Crippen LogP contribution in [0, 0.1) is 0 Å². The fourth-order valence-corrected chi connectivity index (χ4v) is 1.50. The largest absolute Gasteiger partial charge is 0.485 e. The number of amidine groups is 1. The van der Waals surface area contributed by atoms with Crippen molar-refractivity contribution in [1.29, 1.82) is 0 Å². The van der Waals surface area contributed by atoms with Crippen LogP contribution in [0.15, 0.2) is 29.2 Å². The summed E-state index contributed by atoms with van der Waals surface area (Å²) >= 11 is 0. The highest BCUT2D eigenvalue weighted by Crippen LogP contribution is 2.31. The lowest BCUT2D eigenvalue weighted by atomic mass is 10.2. The number of rotatable bonds is 1. The topological polar surface area (TPSA) is 42.8 Å². The van der Waals surface area contributed by atoms with Crippen LogP contribution in [0.5, 0.6) is 11.5 Å². The first kappa shape index (κ1) is 5.39. The molecule has 4 nitrogen and oxygen atoms in total. The highest BCUT2D eigenvalue weighted by atomic mass is 16.6. The van der Waals surface area contributed by atoms with Crippen molar-refractivity contribution in [2.75, 3.05) is 19.6 Å². The van der Waals surface area contributed by atoms with E-state index >= 15 is 0 Å². The predicted molar refractivity (Wildman–Crippen MR) is 56.7 cm³/mol. The van der Waals surface area contributed by atoms with Gasteiger partial charge in [0, 0.05) is 6.52 Å². The third kappa shape index (κ3) is 1.52. The van der Waals surface area contributed by atoms with E-state index in [4.69, 9.17) is 15.0 Å². The number of fused-ring (bicyclic) bond motifs is 1. The molecule has 0 bridgehead atoms. The minimum absolute atomic E-state index is 0.172. The van der Waals surface area contributed by atoms with Gasteiger partial charge < -0.3 is 14.8 Å². The van der Waals surface area contributed by atoms with Gasteiger partial charge in [0.25, 0.3) is 0 Å². The zero-order valence-corrected chi connectivity index (χ0v) is 7.86. The Morgan fingerprint density at radius 3 is 3.40 bits per heavy atom. The number of hydrogen-bond donors (Lipinski definition) is 1. The molecule has 2 aliphatic heterocycles. The van der Waals surface area contributed by atoms with Crippen LogP contribution in [0.25, 0.3) is 0 Å². The molecule has 0 radical (unpaired) electrons. The van der Waals surface area contributed by atoms with Crippen LogP contribution in [-0.4, -0.2) is 31.6 Å². The molecule has 0 fully saturated rings. The van der Waals surface area contributed by atoms with E-state index in [2.05, 4.69) is 10.3 Å². The molecule has 0 saturated heterocycles. The Kier molecular flexibility index (Phi) is 1.24. The molecule has 1 unspecified atom stereocenters. The first-order valence-corrected chi connectivity index (χ1v) is 4.64. The number of aliphatic imine (C=N–C) groups is 1. The summed E-state index contributed by atoms with van der Waals surface area (Å²) in [6.45, 7) is -2.92. The molecule has 2 aliphatic rings. The molecule has 0 aromatic heterocycles. The van der Waals surface area contributed by atoms with Gasteiger partial charge in [-0.2, -0.15) is 0 Å². The number of benzene rings is 1. The monoisotopic (exact) mass is 208 g/mol. The SMILES string of the molecule is [2H]c1ccc2c(c1)OCC(C1=NC([2H])([2H])[C@@H]([2H])N1)O2. The van der Waals surface area contributed by atoms with Crippen molar-refractivity contribution < 1.29 is 15.0 Å². The lowest BCUT2D eigenvalue weighted by molar-refractivity contribution is 0.133. The van der Waals surface area contributed by atoms with E-state index in [-0.39, 0.29) is 12.4 Å². The van der Waals surface area contributed by atoms with E-state index in [9.17, 15) is 0 Å². The number of ether oxygens (including phenoxy) is 2. The Morgan fingerprint density at radius 2 is 2.53 bits per heavy atom. The zero-order valence-electron chi connectivity index (χ0n) is 11.9. The van der Waals surface area contributed by atoms with Crippen molar-refractivity contribution in [2.45, 2.75) is 6.10 Å². The molecule has 1 aromatic carbocycles. The number of nitrogens with zero attached hydrogens (tertiary/aromatic N) is 1. The second-order valence-corrected chi connectivity index (χ2v) is 3.21. The summed E-state index contributed by atoms with van der Waals surface area (Å²) < 4.78 is 41.2. The molecule has 1 aromatic rings. The summed E-state index contributed by atoms with van der Waals surface area (Å²) in [5, 5.41) is 2.66. The Bertz CT molecular complexity index is 549. The van der Waals surface area contributed by atoms with Crippen LogP contribution >= 0.6 is 0 Å². The summed E-state index contributed by atoms with van der Waals surface area (Å²) in [5.74, 6) is 1.27. The van der Waals surface area contributed by atoms with E-state index in [0.29, 0.717) is 17.5 Å². The second-order valence-electron chi connectivity index (χ2n) is 3.21. The van der Waals surface area contributed by atoms with Crippen molar-refractivity contribution in [2.24, 2.45) is 4.99 Å². The molecule has 2 atom stereocenters. The van der Waals surface area contributed by atoms with E-state index in [1.165, 1.54) is 0 Å². The van der Waals surface area contributed by atoms with Crippen molar-refractivity contribution in [3.63, 3.8) is 0 Å². The van der Waals surface area contributed by atoms with Gasteiger partial charge in [0.05, 0.1) is 12.0 Å². The molecular formula is C11H12N2O2. The highest BCUT2D eigenvalue weighted by Gasteiger charge is 2.26. The predicted octanol–water partition coefficient (Wildman–Crippen LogP) is 0.828. The standard InChI is InChI=1S/C11H12N2O2/c1-2-4-9-8(3-1)14-7-10(15-9)11-12-5-6-13-11/h1-4,10H,5-7H2,(H,12,13)/i1D,5D,6D2/t5-,10?/m1/s1. The third-order valence-corrected chi connectivity index (χ3v) is 2.22. The maximum atomic E-state index is 7.54. The van der Waals surface area contributed by atoms with Crippen LogP contribution in [0.4, 0.5) is 0 Å². The maximum absolute atomic E-state index is 7.54. The van der Waals surface area contributed by atoms with Gasteiger partial charge in [-0.05, 0) is 12.1 Å². The molecule has 0 saturated carbocycles. The van der Waals surface area contributed by atoms with Crippen LogP contribution in [0.2, 0.25) is 0 Å². The Hall–Kier alpha value is -1.71. The lowest BCUT2D eigenvalue weighted by Crippen LogP contribution is -2.42. The third-order valence-electron chi connectivity index (χ3n) is 2.22. The van der Waals surface area contributed by atoms with Crippen molar-refractivity contribution in [1.82, 2.24) is 5.32 Å². The molecule has 2 heterocycles. The van der Waals surface area contributed by atoms with E-state index in [1.807, 2.05) is 0 Å². The first-order valence-electron chi connectivity index (χ1n) is 6.72. The van der Waals surface area contributed by atoms with Gasteiger partial charge in [0.15, 0.2) is 17.6 Å². The quantitative estimate of drug-likeness (QED) is 0.743. The van der Waals surface area contributed by atoms with Crippen molar-refractivity contribution >= 4 is 5.84 Å². The summed E-state index contributed by atoms with van der Waals surface area (Å²) in [7, 11) is 0. The molecule has 78 valence electrons. The number of hydrogen-bond acceptors (Lipinski definition) is 4. The normalized spacial score (nSPS) is 35.3. The van der Waals surface area contributed by atoms with E-state index in [1.54, 1.807) is 18.2 Å². The van der Waals surface area contributed by atoms with Crippen LogP contribution < -0.4 is 14.8 Å². The maximum Gasteiger partial charge on any atom is 0.189 e. The minimum atomic E-state index is -1.95. The Morgan fingerprint density at radius 1 is 1.53 bits per heavy atom. The molecule has 4 heteroatoms. The van der Waals surface area contributed by atoms with Gasteiger partial charge in [-0.15, -0.1) is 0 Å².